The van der Waals surface area contributed by atoms with E-state index in [0.717, 1.165) is 37.4 Å². The predicted octanol–water partition coefficient (Wildman–Crippen LogP) is 2.55. The minimum atomic E-state index is 0.283. The number of likely N-dealkylation sites (N-methyl/N-ethyl adjacent to an activating group) is 1. The molecule has 0 amide bonds. The van der Waals surface area contributed by atoms with Crippen molar-refractivity contribution in [1.29, 1.82) is 0 Å². The van der Waals surface area contributed by atoms with Gasteiger partial charge in [0.2, 0.25) is 5.28 Å². The second-order valence-corrected chi connectivity index (χ2v) is 5.39. The van der Waals surface area contributed by atoms with Crippen LogP contribution in [0.5, 0.6) is 0 Å². The highest BCUT2D eigenvalue weighted by molar-refractivity contribution is 6.28. The van der Waals surface area contributed by atoms with Crippen molar-refractivity contribution in [2.24, 2.45) is 0 Å². The van der Waals surface area contributed by atoms with E-state index in [1.165, 1.54) is 5.69 Å². The van der Waals surface area contributed by atoms with Crippen LogP contribution in [-0.4, -0.2) is 48.1 Å². The quantitative estimate of drug-likeness (QED) is 0.795. The zero-order chi connectivity index (χ0) is 13.9. The van der Waals surface area contributed by atoms with Gasteiger partial charge in [-0.3, -0.25) is 0 Å². The molecule has 2 heterocycles. The van der Waals surface area contributed by atoms with Gasteiger partial charge in [-0.2, -0.15) is 0 Å². The van der Waals surface area contributed by atoms with Gasteiger partial charge in [-0.05, 0) is 36.8 Å². The molecule has 1 fully saturated rings. The lowest BCUT2D eigenvalue weighted by atomic mass is 10.1. The number of benzene rings is 1. The largest absolute Gasteiger partial charge is 0.369 e. The number of hydrogen-bond donors (Lipinski definition) is 0. The fraction of sp³-hybridized carbons (Fsp3) is 0.333. The Bertz CT molecular complexity index is 577. The SMILES string of the molecule is CN1CCN(c2ccc(-c3ccnc(Cl)n3)cc2)CC1. The maximum absolute atomic E-state index is 5.83. The van der Waals surface area contributed by atoms with Gasteiger partial charge in [-0.1, -0.05) is 12.1 Å². The fourth-order valence-corrected chi connectivity index (χ4v) is 2.55. The van der Waals surface area contributed by atoms with E-state index in [9.17, 15) is 0 Å². The van der Waals surface area contributed by atoms with Crippen molar-refractivity contribution in [3.63, 3.8) is 0 Å². The molecule has 5 heteroatoms. The summed E-state index contributed by atoms with van der Waals surface area (Å²) in [6, 6.07) is 10.3. The Kier molecular flexibility index (Phi) is 3.85. The molecule has 1 aliphatic rings. The van der Waals surface area contributed by atoms with E-state index in [1.807, 2.05) is 6.07 Å². The summed E-state index contributed by atoms with van der Waals surface area (Å²) in [5.74, 6) is 0. The third-order valence-electron chi connectivity index (χ3n) is 3.66. The number of nitrogens with zero attached hydrogens (tertiary/aromatic N) is 4. The van der Waals surface area contributed by atoms with Gasteiger partial charge in [-0.25, -0.2) is 9.97 Å². The average molecular weight is 289 g/mol. The van der Waals surface area contributed by atoms with E-state index >= 15 is 0 Å². The molecule has 2 aromatic rings. The summed E-state index contributed by atoms with van der Waals surface area (Å²) in [4.78, 5) is 12.9. The Labute approximate surface area is 124 Å². The van der Waals surface area contributed by atoms with Crippen molar-refractivity contribution in [2.75, 3.05) is 38.1 Å². The number of anilines is 1. The minimum Gasteiger partial charge on any atom is -0.369 e. The minimum absolute atomic E-state index is 0.283. The van der Waals surface area contributed by atoms with Crippen molar-refractivity contribution < 1.29 is 0 Å². The van der Waals surface area contributed by atoms with Crippen LogP contribution < -0.4 is 4.90 Å². The molecule has 3 rings (SSSR count). The van der Waals surface area contributed by atoms with E-state index in [1.54, 1.807) is 6.20 Å². The summed E-state index contributed by atoms with van der Waals surface area (Å²) in [7, 11) is 2.17. The van der Waals surface area contributed by atoms with Gasteiger partial charge in [-0.15, -0.1) is 0 Å². The predicted molar refractivity (Wildman–Crippen MR) is 82.2 cm³/mol. The van der Waals surface area contributed by atoms with Crippen LogP contribution in [-0.2, 0) is 0 Å². The first kappa shape index (κ1) is 13.3. The highest BCUT2D eigenvalue weighted by Crippen LogP contribution is 2.23. The molecule has 0 aliphatic carbocycles. The number of hydrogen-bond acceptors (Lipinski definition) is 4. The topological polar surface area (TPSA) is 32.3 Å². The van der Waals surface area contributed by atoms with Crippen molar-refractivity contribution in [3.05, 3.63) is 41.8 Å². The van der Waals surface area contributed by atoms with Crippen LogP contribution >= 0.6 is 11.6 Å². The molecule has 104 valence electrons. The molecule has 20 heavy (non-hydrogen) atoms. The van der Waals surface area contributed by atoms with Crippen LogP contribution in [0.1, 0.15) is 0 Å². The van der Waals surface area contributed by atoms with Gasteiger partial charge in [0.05, 0.1) is 5.69 Å². The van der Waals surface area contributed by atoms with Crippen LogP contribution in [0.15, 0.2) is 36.5 Å². The zero-order valence-electron chi connectivity index (χ0n) is 11.5. The molecule has 0 bridgehead atoms. The van der Waals surface area contributed by atoms with E-state index in [2.05, 4.69) is 51.1 Å². The Balaban J connectivity index is 1.78. The summed E-state index contributed by atoms with van der Waals surface area (Å²) in [5, 5.41) is 0.283. The third kappa shape index (κ3) is 2.92. The zero-order valence-corrected chi connectivity index (χ0v) is 12.2. The number of aromatic nitrogens is 2. The van der Waals surface area contributed by atoms with Crippen LogP contribution in [0.2, 0.25) is 5.28 Å². The normalized spacial score (nSPS) is 16.4. The fourth-order valence-electron chi connectivity index (χ4n) is 2.40. The van der Waals surface area contributed by atoms with E-state index < -0.39 is 0 Å². The maximum atomic E-state index is 5.83. The molecule has 0 N–H and O–H groups in total. The molecule has 0 radical (unpaired) electrons. The monoisotopic (exact) mass is 288 g/mol. The van der Waals surface area contributed by atoms with Crippen molar-refractivity contribution in [3.8, 4) is 11.3 Å². The van der Waals surface area contributed by atoms with Gasteiger partial charge in [0, 0.05) is 43.6 Å². The molecule has 1 saturated heterocycles. The summed E-state index contributed by atoms with van der Waals surface area (Å²) in [6.45, 7) is 4.39. The Morgan fingerprint density at radius 1 is 1.00 bits per heavy atom. The smallest absolute Gasteiger partial charge is 0.222 e. The van der Waals surface area contributed by atoms with Crippen molar-refractivity contribution in [2.45, 2.75) is 0 Å². The molecular formula is C15H17ClN4. The summed E-state index contributed by atoms with van der Waals surface area (Å²) in [6.07, 6.45) is 1.68. The van der Waals surface area contributed by atoms with Gasteiger partial charge in [0.15, 0.2) is 0 Å². The Morgan fingerprint density at radius 3 is 2.35 bits per heavy atom. The first-order valence-electron chi connectivity index (χ1n) is 6.75. The van der Waals surface area contributed by atoms with E-state index in [4.69, 9.17) is 11.6 Å². The third-order valence-corrected chi connectivity index (χ3v) is 3.84. The lowest BCUT2D eigenvalue weighted by molar-refractivity contribution is 0.313. The second-order valence-electron chi connectivity index (χ2n) is 5.05. The molecule has 0 unspecified atom stereocenters. The van der Waals surface area contributed by atoms with Gasteiger partial charge in [0.25, 0.3) is 0 Å². The standard InChI is InChI=1S/C15H17ClN4/c1-19-8-10-20(11-9-19)13-4-2-12(3-5-13)14-6-7-17-15(16)18-14/h2-7H,8-11H2,1H3. The molecule has 1 aliphatic heterocycles. The van der Waals surface area contributed by atoms with Gasteiger partial charge >= 0.3 is 0 Å². The molecule has 4 nitrogen and oxygen atoms in total. The molecular weight excluding hydrogens is 272 g/mol. The molecule has 1 aromatic carbocycles. The molecule has 0 atom stereocenters. The van der Waals surface area contributed by atoms with Crippen LogP contribution in [0.25, 0.3) is 11.3 Å². The van der Waals surface area contributed by atoms with Crippen LogP contribution in [0.3, 0.4) is 0 Å². The first-order valence-corrected chi connectivity index (χ1v) is 7.13. The Hall–Kier alpha value is -1.65. The van der Waals surface area contributed by atoms with Gasteiger partial charge < -0.3 is 9.80 Å². The van der Waals surface area contributed by atoms with Crippen molar-refractivity contribution >= 4 is 17.3 Å². The molecule has 1 aromatic heterocycles. The van der Waals surface area contributed by atoms with Crippen molar-refractivity contribution in [1.82, 2.24) is 14.9 Å². The summed E-state index contributed by atoms with van der Waals surface area (Å²) >= 11 is 5.83. The molecule has 0 spiro atoms. The average Bonchev–Trinajstić information content (AvgIpc) is 2.48. The summed E-state index contributed by atoms with van der Waals surface area (Å²) in [5.41, 5.74) is 3.18. The van der Waals surface area contributed by atoms with Crippen LogP contribution in [0.4, 0.5) is 5.69 Å². The van der Waals surface area contributed by atoms with Gasteiger partial charge in [0.1, 0.15) is 0 Å². The first-order chi connectivity index (χ1) is 9.72. The highest BCUT2D eigenvalue weighted by atomic mass is 35.5. The summed E-state index contributed by atoms with van der Waals surface area (Å²) < 4.78 is 0. The maximum Gasteiger partial charge on any atom is 0.222 e. The van der Waals surface area contributed by atoms with E-state index in [0.29, 0.717) is 0 Å². The lowest BCUT2D eigenvalue weighted by Crippen LogP contribution is -2.44. The van der Waals surface area contributed by atoms with Crippen LogP contribution in [0, 0.1) is 0 Å². The second kappa shape index (κ2) is 5.77. The number of halogens is 1. The Morgan fingerprint density at radius 2 is 1.70 bits per heavy atom. The van der Waals surface area contributed by atoms with E-state index in [-0.39, 0.29) is 5.28 Å². The number of piperazine rings is 1. The highest BCUT2D eigenvalue weighted by Gasteiger charge is 2.14. The number of rotatable bonds is 2. The molecule has 0 saturated carbocycles. The lowest BCUT2D eigenvalue weighted by Gasteiger charge is -2.34.